The van der Waals surface area contributed by atoms with Crippen LogP contribution in [-0.2, 0) is 6.54 Å². The summed E-state index contributed by atoms with van der Waals surface area (Å²) in [6.07, 6.45) is -3.53. The van der Waals surface area contributed by atoms with E-state index in [0.29, 0.717) is 10.9 Å². The normalized spacial score (nSPS) is 11.4. The fourth-order valence-corrected chi connectivity index (χ4v) is 2.72. The number of pyridine rings is 1. The van der Waals surface area contributed by atoms with Crippen LogP contribution in [0, 0.1) is 0 Å². The maximum Gasteiger partial charge on any atom is 0.573 e. The van der Waals surface area contributed by atoms with Crippen molar-refractivity contribution >= 4 is 16.8 Å². The van der Waals surface area contributed by atoms with Gasteiger partial charge in [0.1, 0.15) is 11.3 Å². The summed E-state index contributed by atoms with van der Waals surface area (Å²) in [5.74, 6) is -0.999. The number of alkyl halides is 3. The zero-order valence-corrected chi connectivity index (χ0v) is 14.2. The van der Waals surface area contributed by atoms with E-state index in [1.807, 2.05) is 0 Å². The van der Waals surface area contributed by atoms with Gasteiger partial charge in [0.15, 0.2) is 0 Å². The number of halogens is 3. The topological polar surface area (TPSA) is 62.4 Å². The molecule has 1 heterocycles. The largest absolute Gasteiger partial charge is 0.573 e. The molecule has 3 aromatic rings. The Hall–Kier alpha value is -3.29. The highest BCUT2D eigenvalue weighted by Gasteiger charge is 2.32. The van der Waals surface area contributed by atoms with Crippen molar-refractivity contribution in [3.63, 3.8) is 0 Å². The number of H-pyrrole nitrogens is 1. The number of ether oxygens (including phenoxy) is 1. The lowest BCUT2D eigenvalue weighted by molar-refractivity contribution is -0.275. The first kappa shape index (κ1) is 18.5. The number of nitrogens with zero attached hydrogens (tertiary/aromatic N) is 1. The maximum atomic E-state index is 12.7. The van der Waals surface area contributed by atoms with Crippen LogP contribution in [0.15, 0.2) is 59.5 Å². The van der Waals surface area contributed by atoms with Gasteiger partial charge in [-0.3, -0.25) is 9.59 Å². The van der Waals surface area contributed by atoms with Gasteiger partial charge in [0.25, 0.3) is 5.91 Å². The van der Waals surface area contributed by atoms with Gasteiger partial charge in [0, 0.05) is 36.3 Å². The first-order chi connectivity index (χ1) is 12.8. The smallest absolute Gasteiger partial charge is 0.405 e. The van der Waals surface area contributed by atoms with Crippen LogP contribution in [0.25, 0.3) is 10.9 Å². The van der Waals surface area contributed by atoms with Gasteiger partial charge in [-0.1, -0.05) is 30.3 Å². The van der Waals surface area contributed by atoms with Crippen LogP contribution in [0.4, 0.5) is 13.2 Å². The van der Waals surface area contributed by atoms with Crippen molar-refractivity contribution < 1.29 is 22.7 Å². The SMILES string of the molecule is CN(Cc1ccccc1OC(F)(F)F)C(=O)c1c[nH]c2ccccc2c1=O. The number of fused-ring (bicyclic) bond motifs is 1. The summed E-state index contributed by atoms with van der Waals surface area (Å²) >= 11 is 0. The third kappa shape index (κ3) is 4.11. The molecule has 0 saturated carbocycles. The number of nitrogens with one attached hydrogen (secondary N) is 1. The molecular weight excluding hydrogens is 361 g/mol. The average molecular weight is 376 g/mol. The van der Waals surface area contributed by atoms with E-state index in [1.165, 1.54) is 31.4 Å². The number of carbonyl (C=O) groups excluding carboxylic acids is 1. The van der Waals surface area contributed by atoms with Crippen LogP contribution < -0.4 is 10.2 Å². The van der Waals surface area contributed by atoms with E-state index in [9.17, 15) is 22.8 Å². The number of benzene rings is 2. The van der Waals surface area contributed by atoms with Crippen molar-refractivity contribution in [2.24, 2.45) is 0 Å². The molecule has 140 valence electrons. The molecule has 0 atom stereocenters. The minimum Gasteiger partial charge on any atom is -0.405 e. The third-order valence-electron chi connectivity index (χ3n) is 3.97. The minimum absolute atomic E-state index is 0.0922. The molecule has 0 saturated heterocycles. The van der Waals surface area contributed by atoms with Gasteiger partial charge in [-0.2, -0.15) is 0 Å². The Morgan fingerprint density at radius 3 is 2.52 bits per heavy atom. The summed E-state index contributed by atoms with van der Waals surface area (Å²) < 4.78 is 41.6. The highest BCUT2D eigenvalue weighted by Crippen LogP contribution is 2.27. The van der Waals surface area contributed by atoms with E-state index < -0.39 is 23.4 Å². The van der Waals surface area contributed by atoms with Crippen LogP contribution in [0.3, 0.4) is 0 Å². The highest BCUT2D eigenvalue weighted by atomic mass is 19.4. The molecule has 0 bridgehead atoms. The van der Waals surface area contributed by atoms with Gasteiger partial charge in [-0.05, 0) is 18.2 Å². The number of aromatic nitrogens is 1. The number of hydrogen-bond acceptors (Lipinski definition) is 3. The second kappa shape index (κ2) is 7.14. The molecule has 0 aliphatic heterocycles. The molecule has 8 heteroatoms. The van der Waals surface area contributed by atoms with Crippen molar-refractivity contribution in [3.8, 4) is 5.75 Å². The lowest BCUT2D eigenvalue weighted by Crippen LogP contribution is -2.31. The molecule has 0 fully saturated rings. The third-order valence-corrected chi connectivity index (χ3v) is 3.97. The molecule has 3 rings (SSSR count). The van der Waals surface area contributed by atoms with Crippen molar-refractivity contribution in [2.75, 3.05) is 7.05 Å². The quantitative estimate of drug-likeness (QED) is 0.755. The van der Waals surface area contributed by atoms with Gasteiger partial charge in [0.2, 0.25) is 5.43 Å². The van der Waals surface area contributed by atoms with Crippen LogP contribution in [0.5, 0.6) is 5.75 Å². The molecule has 5 nitrogen and oxygen atoms in total. The summed E-state index contributed by atoms with van der Waals surface area (Å²) in [7, 11) is 1.40. The van der Waals surface area contributed by atoms with Crippen molar-refractivity contribution in [1.82, 2.24) is 9.88 Å². The fourth-order valence-electron chi connectivity index (χ4n) is 2.72. The Kier molecular flexibility index (Phi) is 4.89. The monoisotopic (exact) mass is 376 g/mol. The Morgan fingerprint density at radius 1 is 1.11 bits per heavy atom. The first-order valence-corrected chi connectivity index (χ1v) is 7.96. The summed E-state index contributed by atoms with van der Waals surface area (Å²) in [6.45, 7) is -0.155. The Balaban J connectivity index is 1.88. The summed E-state index contributed by atoms with van der Waals surface area (Å²) in [5, 5.41) is 0.359. The highest BCUT2D eigenvalue weighted by molar-refractivity contribution is 5.97. The molecule has 0 spiro atoms. The lowest BCUT2D eigenvalue weighted by Gasteiger charge is -2.20. The van der Waals surface area contributed by atoms with Crippen LogP contribution in [0.1, 0.15) is 15.9 Å². The van der Waals surface area contributed by atoms with Crippen molar-refractivity contribution in [1.29, 1.82) is 0 Å². The molecule has 0 aliphatic carbocycles. The molecule has 1 aromatic heterocycles. The number of rotatable bonds is 4. The second-order valence-corrected chi connectivity index (χ2v) is 5.89. The van der Waals surface area contributed by atoms with Crippen LogP contribution in [-0.4, -0.2) is 29.2 Å². The molecule has 1 N–H and O–H groups in total. The van der Waals surface area contributed by atoms with Crippen LogP contribution >= 0.6 is 0 Å². The molecule has 1 amide bonds. The van der Waals surface area contributed by atoms with E-state index in [-0.39, 0.29) is 17.7 Å². The Labute approximate surface area is 152 Å². The molecule has 0 radical (unpaired) electrons. The number of aromatic amines is 1. The lowest BCUT2D eigenvalue weighted by atomic mass is 10.1. The first-order valence-electron chi connectivity index (χ1n) is 7.96. The number of hydrogen-bond donors (Lipinski definition) is 1. The average Bonchev–Trinajstić information content (AvgIpc) is 2.62. The second-order valence-electron chi connectivity index (χ2n) is 5.89. The predicted octanol–water partition coefficient (Wildman–Crippen LogP) is 3.70. The van der Waals surface area contributed by atoms with Gasteiger partial charge in [-0.25, -0.2) is 0 Å². The number of para-hydroxylation sites is 2. The van der Waals surface area contributed by atoms with Crippen molar-refractivity contribution in [2.45, 2.75) is 12.9 Å². The van der Waals surface area contributed by atoms with E-state index in [2.05, 4.69) is 9.72 Å². The fraction of sp³-hybridized carbons (Fsp3) is 0.158. The zero-order valence-electron chi connectivity index (χ0n) is 14.2. The van der Waals surface area contributed by atoms with E-state index in [4.69, 9.17) is 0 Å². The van der Waals surface area contributed by atoms with Gasteiger partial charge in [-0.15, -0.1) is 13.2 Å². The van der Waals surface area contributed by atoms with Gasteiger partial charge < -0.3 is 14.6 Å². The molecule has 0 unspecified atom stereocenters. The van der Waals surface area contributed by atoms with E-state index in [0.717, 1.165) is 4.90 Å². The Morgan fingerprint density at radius 2 is 1.78 bits per heavy atom. The number of amides is 1. The minimum atomic E-state index is -4.84. The zero-order chi connectivity index (χ0) is 19.6. The summed E-state index contributed by atoms with van der Waals surface area (Å²) in [6, 6.07) is 12.3. The summed E-state index contributed by atoms with van der Waals surface area (Å²) in [4.78, 5) is 29.2. The van der Waals surface area contributed by atoms with E-state index in [1.54, 1.807) is 30.3 Å². The number of carbonyl (C=O) groups is 1. The molecule has 27 heavy (non-hydrogen) atoms. The molecule has 0 aliphatic rings. The summed E-state index contributed by atoms with van der Waals surface area (Å²) in [5.41, 5.74) is 0.222. The maximum absolute atomic E-state index is 12.7. The predicted molar refractivity (Wildman–Crippen MR) is 93.5 cm³/mol. The standard InChI is InChI=1S/C19H15F3N2O3/c1-24(11-12-6-2-5-9-16(12)27-19(20,21)22)18(26)14-10-23-15-8-4-3-7-13(15)17(14)25/h2-10H,11H2,1H3,(H,23,25). The van der Waals surface area contributed by atoms with E-state index >= 15 is 0 Å². The molecule has 2 aromatic carbocycles. The van der Waals surface area contributed by atoms with Gasteiger partial charge in [0.05, 0.1) is 0 Å². The van der Waals surface area contributed by atoms with Crippen LogP contribution in [0.2, 0.25) is 0 Å². The molecular formula is C19H15F3N2O3. The van der Waals surface area contributed by atoms with Crippen molar-refractivity contribution in [3.05, 3.63) is 76.1 Å². The van der Waals surface area contributed by atoms with Gasteiger partial charge >= 0.3 is 6.36 Å². The Bertz CT molecular complexity index is 1040.